The molecule has 0 saturated carbocycles. The standard InChI is InChI=1S/C19H19ClFN3S/c1-23-5-7-24(8-6-23)11-14-10-16-19(22-12-25-16)17(18(14)21)13-3-2-4-15(20)9-13/h2-4,9-10,12H,5-8,11H2,1H3. The van der Waals surface area contributed by atoms with Gasteiger partial charge in [-0.1, -0.05) is 23.7 Å². The van der Waals surface area contributed by atoms with Crippen LogP contribution in [0.3, 0.4) is 0 Å². The molecule has 0 atom stereocenters. The summed E-state index contributed by atoms with van der Waals surface area (Å²) in [6, 6.07) is 9.30. The summed E-state index contributed by atoms with van der Waals surface area (Å²) >= 11 is 7.68. The van der Waals surface area contributed by atoms with Crippen LogP contribution in [0.1, 0.15) is 5.56 Å². The summed E-state index contributed by atoms with van der Waals surface area (Å²) in [6.45, 7) is 4.59. The highest BCUT2D eigenvalue weighted by atomic mass is 35.5. The first-order chi connectivity index (χ1) is 12.1. The molecular weight excluding hydrogens is 357 g/mol. The minimum Gasteiger partial charge on any atom is -0.304 e. The highest BCUT2D eigenvalue weighted by Crippen LogP contribution is 2.36. The summed E-state index contributed by atoms with van der Waals surface area (Å²) in [5, 5.41) is 0.602. The highest BCUT2D eigenvalue weighted by Gasteiger charge is 2.21. The van der Waals surface area contributed by atoms with Crippen LogP contribution in [0.4, 0.5) is 4.39 Å². The van der Waals surface area contributed by atoms with E-state index < -0.39 is 0 Å². The van der Waals surface area contributed by atoms with Gasteiger partial charge in [0.1, 0.15) is 5.82 Å². The fraction of sp³-hybridized carbons (Fsp3) is 0.316. The quantitative estimate of drug-likeness (QED) is 0.671. The number of thiazole rings is 1. The minimum absolute atomic E-state index is 0.181. The number of hydrogen-bond acceptors (Lipinski definition) is 4. The van der Waals surface area contributed by atoms with Crippen LogP contribution < -0.4 is 0 Å². The lowest BCUT2D eigenvalue weighted by Gasteiger charge is -2.32. The molecular formula is C19H19ClFN3S. The Kier molecular flexibility index (Phi) is 4.73. The normalized spacial score (nSPS) is 16.6. The van der Waals surface area contributed by atoms with Crippen LogP contribution in [0, 0.1) is 5.82 Å². The van der Waals surface area contributed by atoms with E-state index in [0.29, 0.717) is 22.6 Å². The number of aromatic nitrogens is 1. The van der Waals surface area contributed by atoms with E-state index in [2.05, 4.69) is 21.8 Å². The summed E-state index contributed by atoms with van der Waals surface area (Å²) in [7, 11) is 2.12. The summed E-state index contributed by atoms with van der Waals surface area (Å²) in [5.74, 6) is -0.181. The molecule has 0 aliphatic carbocycles. The van der Waals surface area contributed by atoms with Crippen molar-refractivity contribution in [1.29, 1.82) is 0 Å². The van der Waals surface area contributed by atoms with E-state index in [-0.39, 0.29) is 5.82 Å². The van der Waals surface area contributed by atoms with E-state index in [4.69, 9.17) is 11.6 Å². The van der Waals surface area contributed by atoms with Crippen molar-refractivity contribution in [3.05, 3.63) is 52.2 Å². The Morgan fingerprint density at radius 3 is 2.76 bits per heavy atom. The second kappa shape index (κ2) is 7.00. The summed E-state index contributed by atoms with van der Waals surface area (Å²) in [4.78, 5) is 9.01. The van der Waals surface area contributed by atoms with Crippen LogP contribution >= 0.6 is 22.9 Å². The topological polar surface area (TPSA) is 19.4 Å². The first kappa shape index (κ1) is 16.9. The van der Waals surface area contributed by atoms with Gasteiger partial charge in [0.2, 0.25) is 0 Å². The molecule has 0 bridgehead atoms. The predicted octanol–water partition coefficient (Wildman–Crippen LogP) is 4.50. The van der Waals surface area contributed by atoms with Crippen LogP contribution in [0.5, 0.6) is 0 Å². The van der Waals surface area contributed by atoms with Gasteiger partial charge in [-0.2, -0.15) is 0 Å². The summed E-state index contributed by atoms with van der Waals surface area (Å²) in [5.41, 5.74) is 4.56. The van der Waals surface area contributed by atoms with Crippen LogP contribution in [-0.2, 0) is 6.54 Å². The van der Waals surface area contributed by atoms with Crippen molar-refractivity contribution in [3.8, 4) is 11.1 Å². The largest absolute Gasteiger partial charge is 0.304 e. The van der Waals surface area contributed by atoms with Gasteiger partial charge < -0.3 is 4.90 Å². The lowest BCUT2D eigenvalue weighted by Crippen LogP contribution is -2.44. The number of piperazine rings is 1. The van der Waals surface area contributed by atoms with E-state index in [1.54, 1.807) is 29.0 Å². The maximum absolute atomic E-state index is 15.4. The Balaban J connectivity index is 1.77. The smallest absolute Gasteiger partial charge is 0.137 e. The molecule has 1 aliphatic heterocycles. The van der Waals surface area contributed by atoms with E-state index in [1.807, 2.05) is 18.2 Å². The van der Waals surface area contributed by atoms with Crippen LogP contribution in [0.25, 0.3) is 21.3 Å². The van der Waals surface area contributed by atoms with Crippen molar-refractivity contribution >= 4 is 33.2 Å². The monoisotopic (exact) mass is 375 g/mol. The van der Waals surface area contributed by atoms with Crippen molar-refractivity contribution in [2.24, 2.45) is 0 Å². The van der Waals surface area contributed by atoms with Crippen molar-refractivity contribution in [2.75, 3.05) is 33.2 Å². The number of nitrogens with zero attached hydrogens (tertiary/aromatic N) is 3. The van der Waals surface area contributed by atoms with Gasteiger partial charge in [0, 0.05) is 48.9 Å². The molecule has 0 amide bonds. The minimum atomic E-state index is -0.181. The molecule has 4 rings (SSSR count). The zero-order valence-corrected chi connectivity index (χ0v) is 15.6. The van der Waals surface area contributed by atoms with E-state index >= 15 is 4.39 Å². The van der Waals surface area contributed by atoms with Gasteiger partial charge in [-0.05, 0) is 30.8 Å². The second-order valence-corrected chi connectivity index (χ2v) is 7.84. The van der Waals surface area contributed by atoms with E-state index in [9.17, 15) is 0 Å². The Bertz CT molecular complexity index is 903. The van der Waals surface area contributed by atoms with Gasteiger partial charge in [-0.15, -0.1) is 11.3 Å². The molecule has 3 nitrogen and oxygen atoms in total. The first-order valence-electron chi connectivity index (χ1n) is 8.33. The van der Waals surface area contributed by atoms with Crippen LogP contribution in [0.15, 0.2) is 35.8 Å². The Labute approximate surface area is 155 Å². The fourth-order valence-electron chi connectivity index (χ4n) is 3.30. The number of fused-ring (bicyclic) bond motifs is 1. The van der Waals surface area contributed by atoms with Crippen molar-refractivity contribution in [2.45, 2.75) is 6.54 Å². The molecule has 0 unspecified atom stereocenters. The average Bonchev–Trinajstić information content (AvgIpc) is 3.05. The third kappa shape index (κ3) is 3.42. The number of benzene rings is 2. The lowest BCUT2D eigenvalue weighted by atomic mass is 10.00. The molecule has 2 heterocycles. The maximum Gasteiger partial charge on any atom is 0.137 e. The molecule has 130 valence electrons. The molecule has 3 aromatic rings. The SMILES string of the molecule is CN1CCN(Cc2cc3scnc3c(-c3cccc(Cl)c3)c2F)CC1. The van der Waals surface area contributed by atoms with E-state index in [0.717, 1.165) is 42.0 Å². The Morgan fingerprint density at radius 1 is 1.20 bits per heavy atom. The molecule has 1 fully saturated rings. The number of hydrogen-bond donors (Lipinski definition) is 0. The molecule has 1 aliphatic rings. The molecule has 0 radical (unpaired) electrons. The van der Waals surface area contributed by atoms with Gasteiger partial charge in [0.25, 0.3) is 0 Å². The molecule has 25 heavy (non-hydrogen) atoms. The summed E-state index contributed by atoms with van der Waals surface area (Å²) in [6.07, 6.45) is 0. The maximum atomic E-state index is 15.4. The molecule has 0 spiro atoms. The van der Waals surface area contributed by atoms with Crippen LogP contribution in [-0.4, -0.2) is 48.0 Å². The van der Waals surface area contributed by atoms with E-state index in [1.165, 1.54) is 0 Å². The lowest BCUT2D eigenvalue weighted by molar-refractivity contribution is 0.147. The van der Waals surface area contributed by atoms with Gasteiger partial charge in [-0.25, -0.2) is 9.37 Å². The highest BCUT2D eigenvalue weighted by molar-refractivity contribution is 7.16. The third-order valence-corrected chi connectivity index (χ3v) is 5.75. The molecule has 1 saturated heterocycles. The fourth-order valence-corrected chi connectivity index (χ4v) is 4.24. The zero-order chi connectivity index (χ0) is 17.4. The predicted molar refractivity (Wildman–Crippen MR) is 103 cm³/mol. The first-order valence-corrected chi connectivity index (χ1v) is 9.59. The second-order valence-electron chi connectivity index (χ2n) is 6.51. The molecule has 0 N–H and O–H groups in total. The Hall–Kier alpha value is -1.53. The van der Waals surface area contributed by atoms with Gasteiger partial charge in [0.15, 0.2) is 0 Å². The number of rotatable bonds is 3. The van der Waals surface area contributed by atoms with Crippen molar-refractivity contribution < 1.29 is 4.39 Å². The van der Waals surface area contributed by atoms with Crippen molar-refractivity contribution in [3.63, 3.8) is 0 Å². The van der Waals surface area contributed by atoms with Crippen LogP contribution in [0.2, 0.25) is 5.02 Å². The molecule has 6 heteroatoms. The Morgan fingerprint density at radius 2 is 2.00 bits per heavy atom. The number of likely N-dealkylation sites (N-methyl/N-ethyl adjacent to an activating group) is 1. The van der Waals surface area contributed by atoms with Gasteiger partial charge >= 0.3 is 0 Å². The van der Waals surface area contributed by atoms with Gasteiger partial charge in [-0.3, -0.25) is 4.90 Å². The number of halogens is 2. The average molecular weight is 376 g/mol. The zero-order valence-electron chi connectivity index (χ0n) is 14.0. The third-order valence-electron chi connectivity index (χ3n) is 4.74. The van der Waals surface area contributed by atoms with Crippen molar-refractivity contribution in [1.82, 2.24) is 14.8 Å². The molecule has 2 aromatic carbocycles. The van der Waals surface area contributed by atoms with Gasteiger partial charge in [0.05, 0.1) is 15.7 Å². The summed E-state index contributed by atoms with van der Waals surface area (Å²) < 4.78 is 16.4. The molecule has 1 aromatic heterocycles.